The first-order valence-corrected chi connectivity index (χ1v) is 5.86. The maximum Gasteiger partial charge on any atom is 0.145 e. The molecule has 0 saturated heterocycles. The molecule has 0 unspecified atom stereocenters. The van der Waals surface area contributed by atoms with Crippen LogP contribution in [0, 0.1) is 5.92 Å². The van der Waals surface area contributed by atoms with Crippen LogP contribution in [-0.4, -0.2) is 22.6 Å². The lowest BCUT2D eigenvalue weighted by molar-refractivity contribution is 0.547. The largest absolute Gasteiger partial charge is 0.367 e. The van der Waals surface area contributed by atoms with Crippen molar-refractivity contribution in [2.24, 2.45) is 5.92 Å². The Morgan fingerprint density at radius 2 is 1.94 bits per heavy atom. The number of rotatable bonds is 6. The number of anilines is 1. The Kier molecular flexibility index (Phi) is 5.19. The number of hydrogen-bond acceptors (Lipinski definition) is 4. The van der Waals surface area contributed by atoms with Crippen molar-refractivity contribution in [1.82, 2.24) is 15.3 Å². The quantitative estimate of drug-likeness (QED) is 0.773. The van der Waals surface area contributed by atoms with Gasteiger partial charge in [-0.1, -0.05) is 13.8 Å². The molecule has 0 amide bonds. The molecule has 1 aromatic heterocycles. The number of hydrogen-bond donors (Lipinski definition) is 2. The lowest BCUT2D eigenvalue weighted by Gasteiger charge is -2.10. The molecule has 1 aromatic rings. The summed E-state index contributed by atoms with van der Waals surface area (Å²) in [6, 6.07) is 0.383. The highest BCUT2D eigenvalue weighted by atomic mass is 15.0. The zero-order valence-corrected chi connectivity index (χ0v) is 10.6. The van der Waals surface area contributed by atoms with E-state index in [2.05, 4.69) is 48.3 Å². The third kappa shape index (κ3) is 5.07. The monoisotopic (exact) mass is 222 g/mol. The van der Waals surface area contributed by atoms with Gasteiger partial charge < -0.3 is 10.6 Å². The number of nitrogens with zero attached hydrogens (tertiary/aromatic N) is 2. The summed E-state index contributed by atoms with van der Waals surface area (Å²) in [5.74, 6) is 1.50. The highest BCUT2D eigenvalue weighted by molar-refractivity contribution is 5.32. The van der Waals surface area contributed by atoms with Crippen molar-refractivity contribution in [1.29, 1.82) is 0 Å². The smallest absolute Gasteiger partial charge is 0.145 e. The number of aromatic nitrogens is 2. The topological polar surface area (TPSA) is 49.8 Å². The van der Waals surface area contributed by atoms with Crippen molar-refractivity contribution >= 4 is 5.82 Å². The summed E-state index contributed by atoms with van der Waals surface area (Å²) in [4.78, 5) is 8.64. The Bertz CT molecular complexity index is 310. The van der Waals surface area contributed by atoms with Gasteiger partial charge in [0, 0.05) is 18.8 Å². The minimum Gasteiger partial charge on any atom is -0.367 e. The zero-order chi connectivity index (χ0) is 12.0. The van der Waals surface area contributed by atoms with Gasteiger partial charge in [0.05, 0.1) is 11.9 Å². The lowest BCUT2D eigenvalue weighted by atomic mass is 10.2. The number of nitrogens with one attached hydrogen (secondary N) is 2. The first-order chi connectivity index (χ1) is 7.58. The minimum absolute atomic E-state index is 0.383. The van der Waals surface area contributed by atoms with Gasteiger partial charge in [-0.15, -0.1) is 0 Å². The Morgan fingerprint density at radius 1 is 1.19 bits per heavy atom. The van der Waals surface area contributed by atoms with Gasteiger partial charge in [0.1, 0.15) is 5.82 Å². The molecule has 1 heterocycles. The molecular formula is C12H22N4. The van der Waals surface area contributed by atoms with E-state index in [9.17, 15) is 0 Å². The van der Waals surface area contributed by atoms with Crippen LogP contribution in [-0.2, 0) is 6.54 Å². The van der Waals surface area contributed by atoms with Crippen LogP contribution in [0.1, 0.15) is 33.4 Å². The predicted octanol–water partition coefficient (Wildman–Crippen LogP) is 2.04. The summed E-state index contributed by atoms with van der Waals surface area (Å²) in [6.45, 7) is 10.3. The molecule has 0 aliphatic heterocycles. The molecule has 16 heavy (non-hydrogen) atoms. The van der Waals surface area contributed by atoms with E-state index in [0.717, 1.165) is 24.6 Å². The Morgan fingerprint density at radius 3 is 2.56 bits per heavy atom. The molecule has 0 spiro atoms. The van der Waals surface area contributed by atoms with E-state index < -0.39 is 0 Å². The molecule has 0 aliphatic carbocycles. The van der Waals surface area contributed by atoms with Gasteiger partial charge >= 0.3 is 0 Å². The van der Waals surface area contributed by atoms with Crippen molar-refractivity contribution in [2.75, 3.05) is 11.9 Å². The summed E-state index contributed by atoms with van der Waals surface area (Å²) in [7, 11) is 0. The summed E-state index contributed by atoms with van der Waals surface area (Å²) in [6.07, 6.45) is 3.56. The molecule has 1 rings (SSSR count). The fraction of sp³-hybridized carbons (Fsp3) is 0.667. The van der Waals surface area contributed by atoms with Crippen molar-refractivity contribution in [3.05, 3.63) is 18.1 Å². The first-order valence-electron chi connectivity index (χ1n) is 5.86. The van der Waals surface area contributed by atoms with Crippen LogP contribution >= 0.6 is 0 Å². The molecule has 2 N–H and O–H groups in total. The van der Waals surface area contributed by atoms with Gasteiger partial charge in [0.2, 0.25) is 0 Å². The van der Waals surface area contributed by atoms with Gasteiger partial charge in [-0.2, -0.15) is 0 Å². The summed E-state index contributed by atoms with van der Waals surface area (Å²) in [5.41, 5.74) is 0.978. The SMILES string of the molecule is CC(C)CNCc1cncc(NC(C)C)n1. The van der Waals surface area contributed by atoms with Gasteiger partial charge in [-0.25, -0.2) is 4.98 Å². The van der Waals surface area contributed by atoms with Crippen molar-refractivity contribution in [2.45, 2.75) is 40.3 Å². The van der Waals surface area contributed by atoms with Crippen LogP contribution in [0.25, 0.3) is 0 Å². The molecule has 0 aromatic carbocycles. The van der Waals surface area contributed by atoms with E-state index in [1.807, 2.05) is 0 Å². The van der Waals surface area contributed by atoms with E-state index in [0.29, 0.717) is 12.0 Å². The molecule has 4 nitrogen and oxygen atoms in total. The normalized spacial score (nSPS) is 11.1. The fourth-order valence-electron chi connectivity index (χ4n) is 1.35. The lowest BCUT2D eigenvalue weighted by Crippen LogP contribution is -2.20. The second-order valence-corrected chi connectivity index (χ2v) is 4.72. The summed E-state index contributed by atoms with van der Waals surface area (Å²) in [5, 5.41) is 6.59. The van der Waals surface area contributed by atoms with Crippen molar-refractivity contribution in [3.8, 4) is 0 Å². The predicted molar refractivity (Wildman–Crippen MR) is 67.3 cm³/mol. The highest BCUT2D eigenvalue weighted by Gasteiger charge is 2.00. The van der Waals surface area contributed by atoms with Crippen LogP contribution in [0.5, 0.6) is 0 Å². The van der Waals surface area contributed by atoms with Crippen LogP contribution < -0.4 is 10.6 Å². The average molecular weight is 222 g/mol. The van der Waals surface area contributed by atoms with Crippen LogP contribution in [0.4, 0.5) is 5.82 Å². The third-order valence-corrected chi connectivity index (χ3v) is 1.98. The van der Waals surface area contributed by atoms with E-state index in [1.54, 1.807) is 12.4 Å². The molecule has 4 heteroatoms. The maximum absolute atomic E-state index is 4.47. The van der Waals surface area contributed by atoms with Crippen molar-refractivity contribution in [3.63, 3.8) is 0 Å². The fourth-order valence-corrected chi connectivity index (χ4v) is 1.35. The molecule has 0 saturated carbocycles. The maximum atomic E-state index is 4.47. The van der Waals surface area contributed by atoms with Gasteiger partial charge in [0.25, 0.3) is 0 Å². The van der Waals surface area contributed by atoms with Crippen LogP contribution in [0.3, 0.4) is 0 Å². The molecule has 0 aliphatic rings. The van der Waals surface area contributed by atoms with E-state index in [-0.39, 0.29) is 0 Å². The molecule has 90 valence electrons. The molecule has 0 bridgehead atoms. The van der Waals surface area contributed by atoms with Gasteiger partial charge in [0.15, 0.2) is 0 Å². The van der Waals surface area contributed by atoms with E-state index in [4.69, 9.17) is 0 Å². The Labute approximate surface area is 97.9 Å². The highest BCUT2D eigenvalue weighted by Crippen LogP contribution is 2.03. The van der Waals surface area contributed by atoms with Gasteiger partial charge in [-0.05, 0) is 26.3 Å². The summed E-state index contributed by atoms with van der Waals surface area (Å²) < 4.78 is 0. The third-order valence-electron chi connectivity index (χ3n) is 1.98. The average Bonchev–Trinajstić information content (AvgIpc) is 2.16. The van der Waals surface area contributed by atoms with E-state index in [1.165, 1.54) is 0 Å². The van der Waals surface area contributed by atoms with Crippen LogP contribution in [0.2, 0.25) is 0 Å². The Hall–Kier alpha value is -1.16. The van der Waals surface area contributed by atoms with Crippen LogP contribution in [0.15, 0.2) is 12.4 Å². The Balaban J connectivity index is 2.47. The first kappa shape index (κ1) is 12.9. The minimum atomic E-state index is 0.383. The second-order valence-electron chi connectivity index (χ2n) is 4.72. The molecule has 0 radical (unpaired) electrons. The van der Waals surface area contributed by atoms with Crippen molar-refractivity contribution < 1.29 is 0 Å². The standard InChI is InChI=1S/C12H22N4/c1-9(2)5-13-6-11-7-14-8-12(16-11)15-10(3)4/h7-10,13H,5-6H2,1-4H3,(H,15,16). The molecule has 0 fully saturated rings. The zero-order valence-electron chi connectivity index (χ0n) is 10.6. The second kappa shape index (κ2) is 6.43. The molecule has 0 atom stereocenters. The molecular weight excluding hydrogens is 200 g/mol. The van der Waals surface area contributed by atoms with E-state index >= 15 is 0 Å². The van der Waals surface area contributed by atoms with Gasteiger partial charge in [-0.3, -0.25) is 4.98 Å². The summed E-state index contributed by atoms with van der Waals surface area (Å²) >= 11 is 0.